The molecule has 1 amide bonds. The molecule has 0 aliphatic heterocycles. The number of hydrogen-bond donors (Lipinski definition) is 0. The van der Waals surface area contributed by atoms with Gasteiger partial charge in [0.1, 0.15) is 5.58 Å². The van der Waals surface area contributed by atoms with Gasteiger partial charge in [0.2, 0.25) is 0 Å². The van der Waals surface area contributed by atoms with E-state index in [1.807, 2.05) is 12.1 Å². The highest BCUT2D eigenvalue weighted by Gasteiger charge is 2.08. The van der Waals surface area contributed by atoms with Gasteiger partial charge < -0.3 is 9.32 Å². The number of rotatable bonds is 1. The van der Waals surface area contributed by atoms with Gasteiger partial charge in [-0.3, -0.25) is 4.79 Å². The van der Waals surface area contributed by atoms with E-state index in [2.05, 4.69) is 0 Å². The Balaban J connectivity index is 2.48. The second kappa shape index (κ2) is 3.18. The number of benzene rings is 1. The number of amides is 1. The van der Waals surface area contributed by atoms with Gasteiger partial charge >= 0.3 is 0 Å². The minimum absolute atomic E-state index is 0.0108. The average molecular weight is 189 g/mol. The summed E-state index contributed by atoms with van der Waals surface area (Å²) in [6, 6.07) is 7.33. The third-order valence-electron chi connectivity index (χ3n) is 2.11. The number of carbonyl (C=O) groups is 1. The summed E-state index contributed by atoms with van der Waals surface area (Å²) in [5.41, 5.74) is 1.40. The molecular weight excluding hydrogens is 178 g/mol. The Morgan fingerprint density at radius 3 is 2.79 bits per heavy atom. The Hall–Kier alpha value is -1.77. The zero-order chi connectivity index (χ0) is 10.1. The van der Waals surface area contributed by atoms with E-state index in [9.17, 15) is 4.79 Å². The van der Waals surface area contributed by atoms with Gasteiger partial charge in [-0.05, 0) is 18.2 Å². The lowest BCUT2D eigenvalue weighted by Crippen LogP contribution is -2.21. The molecule has 0 radical (unpaired) electrons. The van der Waals surface area contributed by atoms with Crippen LogP contribution in [0.1, 0.15) is 10.4 Å². The van der Waals surface area contributed by atoms with Crippen LogP contribution < -0.4 is 0 Å². The normalized spacial score (nSPS) is 10.4. The van der Waals surface area contributed by atoms with E-state index in [0.29, 0.717) is 5.56 Å². The summed E-state index contributed by atoms with van der Waals surface area (Å²) >= 11 is 0. The molecule has 0 fully saturated rings. The largest absolute Gasteiger partial charge is 0.464 e. The molecule has 3 heteroatoms. The van der Waals surface area contributed by atoms with Gasteiger partial charge in [-0.1, -0.05) is 6.07 Å². The molecule has 14 heavy (non-hydrogen) atoms. The van der Waals surface area contributed by atoms with Crippen LogP contribution in [-0.2, 0) is 0 Å². The number of carbonyl (C=O) groups excluding carboxylic acids is 1. The van der Waals surface area contributed by atoms with Crippen molar-refractivity contribution in [1.29, 1.82) is 0 Å². The number of nitrogens with zero attached hydrogens (tertiary/aromatic N) is 1. The molecule has 1 aromatic carbocycles. The average Bonchev–Trinajstić information content (AvgIpc) is 2.62. The van der Waals surface area contributed by atoms with Crippen LogP contribution in [0.15, 0.2) is 34.9 Å². The molecule has 0 saturated heterocycles. The summed E-state index contributed by atoms with van der Waals surface area (Å²) in [6.07, 6.45) is 1.62. The quantitative estimate of drug-likeness (QED) is 0.688. The molecule has 0 spiro atoms. The Morgan fingerprint density at radius 1 is 1.29 bits per heavy atom. The first-order valence-electron chi connectivity index (χ1n) is 4.37. The van der Waals surface area contributed by atoms with Crippen molar-refractivity contribution >= 4 is 16.9 Å². The Morgan fingerprint density at radius 2 is 2.07 bits per heavy atom. The van der Waals surface area contributed by atoms with Crippen LogP contribution in [0.3, 0.4) is 0 Å². The maximum absolute atomic E-state index is 11.6. The van der Waals surface area contributed by atoms with Gasteiger partial charge in [0.15, 0.2) is 0 Å². The highest BCUT2D eigenvalue weighted by molar-refractivity contribution is 5.97. The maximum atomic E-state index is 11.6. The van der Waals surface area contributed by atoms with Crippen LogP contribution >= 0.6 is 0 Å². The summed E-state index contributed by atoms with van der Waals surface area (Å²) < 4.78 is 5.22. The predicted octanol–water partition coefficient (Wildman–Crippen LogP) is 2.13. The van der Waals surface area contributed by atoms with E-state index in [1.54, 1.807) is 37.4 Å². The van der Waals surface area contributed by atoms with E-state index >= 15 is 0 Å². The van der Waals surface area contributed by atoms with Gasteiger partial charge in [-0.25, -0.2) is 0 Å². The minimum atomic E-state index is -0.0108. The first kappa shape index (κ1) is 8.81. The van der Waals surface area contributed by atoms with Crippen LogP contribution in [0, 0.1) is 0 Å². The summed E-state index contributed by atoms with van der Waals surface area (Å²) in [6.45, 7) is 0. The molecule has 1 heterocycles. The molecule has 0 saturated carbocycles. The summed E-state index contributed by atoms with van der Waals surface area (Å²) in [4.78, 5) is 13.1. The SMILES string of the molecule is CN(C)C(=O)c1ccc2ccoc2c1. The Kier molecular flexibility index (Phi) is 2.00. The topological polar surface area (TPSA) is 33.5 Å². The maximum Gasteiger partial charge on any atom is 0.253 e. The van der Waals surface area contributed by atoms with Crippen molar-refractivity contribution in [3.63, 3.8) is 0 Å². The van der Waals surface area contributed by atoms with Crippen LogP contribution in [0.4, 0.5) is 0 Å². The third-order valence-corrected chi connectivity index (χ3v) is 2.11. The highest BCUT2D eigenvalue weighted by atomic mass is 16.3. The molecule has 0 unspecified atom stereocenters. The van der Waals surface area contributed by atoms with Crippen molar-refractivity contribution in [3.8, 4) is 0 Å². The molecule has 0 atom stereocenters. The molecule has 0 aliphatic carbocycles. The fraction of sp³-hybridized carbons (Fsp3) is 0.182. The zero-order valence-electron chi connectivity index (χ0n) is 8.15. The molecule has 0 N–H and O–H groups in total. The van der Waals surface area contributed by atoms with Crippen molar-refractivity contribution in [2.45, 2.75) is 0 Å². The lowest BCUT2D eigenvalue weighted by atomic mass is 10.1. The zero-order valence-corrected chi connectivity index (χ0v) is 8.15. The fourth-order valence-electron chi connectivity index (χ4n) is 1.35. The van der Waals surface area contributed by atoms with Gasteiger partial charge in [-0.15, -0.1) is 0 Å². The highest BCUT2D eigenvalue weighted by Crippen LogP contribution is 2.17. The van der Waals surface area contributed by atoms with Gasteiger partial charge in [-0.2, -0.15) is 0 Å². The van der Waals surface area contributed by atoms with E-state index in [-0.39, 0.29) is 5.91 Å². The number of fused-ring (bicyclic) bond motifs is 1. The smallest absolute Gasteiger partial charge is 0.253 e. The molecule has 0 bridgehead atoms. The van der Waals surface area contributed by atoms with Crippen LogP contribution in [0.5, 0.6) is 0 Å². The molecule has 2 rings (SSSR count). The van der Waals surface area contributed by atoms with E-state index in [0.717, 1.165) is 11.0 Å². The van der Waals surface area contributed by atoms with Gasteiger partial charge in [0.05, 0.1) is 6.26 Å². The van der Waals surface area contributed by atoms with Crippen LogP contribution in [0.2, 0.25) is 0 Å². The van der Waals surface area contributed by atoms with Gasteiger partial charge in [0.25, 0.3) is 5.91 Å². The van der Waals surface area contributed by atoms with Crippen molar-refractivity contribution in [2.75, 3.05) is 14.1 Å². The van der Waals surface area contributed by atoms with E-state index in [4.69, 9.17) is 4.42 Å². The fourth-order valence-corrected chi connectivity index (χ4v) is 1.35. The predicted molar refractivity (Wildman–Crippen MR) is 54.2 cm³/mol. The monoisotopic (exact) mass is 189 g/mol. The Bertz CT molecular complexity index is 471. The third kappa shape index (κ3) is 1.37. The molecule has 3 nitrogen and oxygen atoms in total. The second-order valence-corrected chi connectivity index (χ2v) is 3.37. The van der Waals surface area contributed by atoms with E-state index < -0.39 is 0 Å². The van der Waals surface area contributed by atoms with Crippen molar-refractivity contribution in [2.24, 2.45) is 0 Å². The van der Waals surface area contributed by atoms with Crippen molar-refractivity contribution < 1.29 is 9.21 Å². The molecule has 2 aromatic rings. The first-order valence-corrected chi connectivity index (χ1v) is 4.37. The Labute approximate surface area is 81.9 Å². The molecular formula is C11H11NO2. The number of hydrogen-bond acceptors (Lipinski definition) is 2. The second-order valence-electron chi connectivity index (χ2n) is 3.37. The summed E-state index contributed by atoms with van der Waals surface area (Å²) in [7, 11) is 3.46. The standard InChI is InChI=1S/C11H11NO2/c1-12(2)11(13)9-4-3-8-5-6-14-10(8)7-9/h3-7H,1-2H3. The minimum Gasteiger partial charge on any atom is -0.464 e. The summed E-state index contributed by atoms with van der Waals surface area (Å²) in [5.74, 6) is -0.0108. The van der Waals surface area contributed by atoms with E-state index in [1.165, 1.54) is 0 Å². The molecule has 72 valence electrons. The summed E-state index contributed by atoms with van der Waals surface area (Å²) in [5, 5.41) is 1.01. The van der Waals surface area contributed by atoms with Crippen molar-refractivity contribution in [1.82, 2.24) is 4.90 Å². The lowest BCUT2D eigenvalue weighted by molar-refractivity contribution is 0.0827. The molecule has 0 aliphatic rings. The number of furan rings is 1. The van der Waals surface area contributed by atoms with Crippen LogP contribution in [0.25, 0.3) is 11.0 Å². The first-order chi connectivity index (χ1) is 6.68. The molecule has 1 aromatic heterocycles. The lowest BCUT2D eigenvalue weighted by Gasteiger charge is -2.09. The van der Waals surface area contributed by atoms with Gasteiger partial charge in [0, 0.05) is 25.0 Å². The van der Waals surface area contributed by atoms with Crippen LogP contribution in [-0.4, -0.2) is 24.9 Å². The van der Waals surface area contributed by atoms with Crippen molar-refractivity contribution in [3.05, 3.63) is 36.1 Å².